The number of carbonyl (C=O) groups is 2. The third kappa shape index (κ3) is 3.47. The van der Waals surface area contributed by atoms with Gasteiger partial charge in [0.15, 0.2) is 0 Å². The molecule has 0 unspecified atom stereocenters. The summed E-state index contributed by atoms with van der Waals surface area (Å²) in [5, 5.41) is 8.84. The van der Waals surface area contributed by atoms with Crippen LogP contribution >= 0.6 is 11.8 Å². The number of amides is 1. The van der Waals surface area contributed by atoms with E-state index >= 15 is 0 Å². The van der Waals surface area contributed by atoms with Crippen molar-refractivity contribution in [1.82, 2.24) is 4.90 Å². The first-order valence-electron chi connectivity index (χ1n) is 5.90. The second kappa shape index (κ2) is 5.61. The number of nitrogens with zero attached hydrogens (tertiary/aromatic N) is 1. The largest absolute Gasteiger partial charge is 0.478 e. The molecular formula is C13H14FNO3S. The van der Waals surface area contributed by atoms with Crippen LogP contribution in [0, 0.1) is 5.82 Å². The van der Waals surface area contributed by atoms with Gasteiger partial charge in [0.25, 0.3) is 0 Å². The molecule has 0 bridgehead atoms. The Hall–Kier alpha value is -1.56. The fourth-order valence-electron chi connectivity index (χ4n) is 1.65. The van der Waals surface area contributed by atoms with Crippen molar-refractivity contribution >= 4 is 23.6 Å². The van der Waals surface area contributed by atoms with Crippen LogP contribution in [0.25, 0.3) is 0 Å². The van der Waals surface area contributed by atoms with Crippen LogP contribution in [0.4, 0.5) is 4.39 Å². The van der Waals surface area contributed by atoms with Gasteiger partial charge in [0, 0.05) is 18.0 Å². The van der Waals surface area contributed by atoms with Crippen molar-refractivity contribution < 1.29 is 19.1 Å². The van der Waals surface area contributed by atoms with E-state index in [1.807, 2.05) is 0 Å². The Morgan fingerprint density at radius 1 is 1.47 bits per heavy atom. The van der Waals surface area contributed by atoms with Gasteiger partial charge in [0.1, 0.15) is 5.82 Å². The first-order valence-corrected chi connectivity index (χ1v) is 6.89. The number of carbonyl (C=O) groups excluding carboxylic acids is 1. The van der Waals surface area contributed by atoms with E-state index in [1.165, 1.54) is 12.1 Å². The van der Waals surface area contributed by atoms with Crippen molar-refractivity contribution in [2.24, 2.45) is 0 Å². The van der Waals surface area contributed by atoms with Gasteiger partial charge in [-0.05, 0) is 31.0 Å². The van der Waals surface area contributed by atoms with Crippen molar-refractivity contribution in [2.45, 2.75) is 23.8 Å². The van der Waals surface area contributed by atoms with Crippen LogP contribution in [-0.2, 0) is 4.79 Å². The molecule has 6 heteroatoms. The lowest BCUT2D eigenvalue weighted by Gasteiger charge is -2.15. The minimum absolute atomic E-state index is 0.0203. The third-order valence-electron chi connectivity index (χ3n) is 3.02. The molecule has 102 valence electrons. The highest BCUT2D eigenvalue weighted by molar-refractivity contribution is 8.00. The summed E-state index contributed by atoms with van der Waals surface area (Å²) in [6.45, 7) is 0. The molecule has 1 aromatic rings. The highest BCUT2D eigenvalue weighted by Crippen LogP contribution is 2.28. The number of hydrogen-bond acceptors (Lipinski definition) is 3. The van der Waals surface area contributed by atoms with Gasteiger partial charge in [-0.15, -0.1) is 11.8 Å². The maximum absolute atomic E-state index is 13.5. The number of carboxylic acids is 1. The van der Waals surface area contributed by atoms with E-state index in [-0.39, 0.29) is 22.1 Å². The van der Waals surface area contributed by atoms with E-state index < -0.39 is 11.8 Å². The molecule has 0 atom stereocenters. The normalized spacial score (nSPS) is 14.2. The number of carboxylic acid groups (broad SMARTS) is 1. The summed E-state index contributed by atoms with van der Waals surface area (Å²) >= 11 is 1.03. The molecule has 0 saturated heterocycles. The molecule has 0 spiro atoms. The predicted molar refractivity (Wildman–Crippen MR) is 69.9 cm³/mol. The van der Waals surface area contributed by atoms with Gasteiger partial charge >= 0.3 is 5.97 Å². The van der Waals surface area contributed by atoms with Crippen molar-refractivity contribution in [1.29, 1.82) is 0 Å². The molecule has 1 fully saturated rings. The van der Waals surface area contributed by atoms with Crippen LogP contribution in [0.2, 0.25) is 0 Å². The molecule has 1 amide bonds. The summed E-state index contributed by atoms with van der Waals surface area (Å²) in [6.07, 6.45) is 2.05. The number of aromatic carboxylic acids is 1. The van der Waals surface area contributed by atoms with Crippen LogP contribution in [0.3, 0.4) is 0 Å². The van der Waals surface area contributed by atoms with Gasteiger partial charge < -0.3 is 10.0 Å². The summed E-state index contributed by atoms with van der Waals surface area (Å²) in [5.74, 6) is -1.56. The van der Waals surface area contributed by atoms with E-state index in [0.717, 1.165) is 30.7 Å². The zero-order chi connectivity index (χ0) is 14.0. The molecule has 0 aliphatic heterocycles. The highest BCUT2D eigenvalue weighted by atomic mass is 32.2. The maximum atomic E-state index is 13.5. The van der Waals surface area contributed by atoms with Crippen molar-refractivity contribution in [3.63, 3.8) is 0 Å². The molecule has 1 N–H and O–H groups in total. The summed E-state index contributed by atoms with van der Waals surface area (Å²) in [7, 11) is 1.74. The van der Waals surface area contributed by atoms with Crippen molar-refractivity contribution in [3.05, 3.63) is 29.6 Å². The quantitative estimate of drug-likeness (QED) is 0.842. The van der Waals surface area contributed by atoms with Gasteiger partial charge in [-0.2, -0.15) is 0 Å². The topological polar surface area (TPSA) is 57.6 Å². The molecule has 1 aliphatic carbocycles. The molecule has 1 aromatic carbocycles. The molecule has 1 aliphatic rings. The number of halogens is 1. The molecule has 1 saturated carbocycles. The third-order valence-corrected chi connectivity index (χ3v) is 4.03. The summed E-state index contributed by atoms with van der Waals surface area (Å²) < 4.78 is 13.5. The smallest absolute Gasteiger partial charge is 0.335 e. The van der Waals surface area contributed by atoms with E-state index in [9.17, 15) is 14.0 Å². The van der Waals surface area contributed by atoms with Crippen molar-refractivity contribution in [3.8, 4) is 0 Å². The first-order chi connectivity index (χ1) is 8.99. The standard InChI is InChI=1S/C13H14FNO3S/c1-15(9-3-4-9)12(16)7-19-11-6-8(13(17)18)2-5-10(11)14/h2,5-6,9H,3-4,7H2,1H3,(H,17,18). The van der Waals surface area contributed by atoms with Crippen molar-refractivity contribution in [2.75, 3.05) is 12.8 Å². The summed E-state index contributed by atoms with van der Waals surface area (Å²) in [6, 6.07) is 3.90. The van der Waals surface area contributed by atoms with Crippen LogP contribution in [0.15, 0.2) is 23.1 Å². The number of rotatable bonds is 5. The van der Waals surface area contributed by atoms with Crippen LogP contribution in [0.5, 0.6) is 0 Å². The molecule has 2 rings (SSSR count). The molecular weight excluding hydrogens is 269 g/mol. The maximum Gasteiger partial charge on any atom is 0.335 e. The Bertz CT molecular complexity index is 517. The van der Waals surface area contributed by atoms with E-state index in [4.69, 9.17) is 5.11 Å². The second-order valence-electron chi connectivity index (χ2n) is 4.47. The van der Waals surface area contributed by atoms with E-state index in [2.05, 4.69) is 0 Å². The molecule has 19 heavy (non-hydrogen) atoms. The molecule has 0 heterocycles. The number of hydrogen-bond donors (Lipinski definition) is 1. The highest BCUT2D eigenvalue weighted by Gasteiger charge is 2.29. The van der Waals surface area contributed by atoms with Gasteiger partial charge in [-0.3, -0.25) is 4.79 Å². The predicted octanol–water partition coefficient (Wildman–Crippen LogP) is 2.24. The van der Waals surface area contributed by atoms with E-state index in [0.29, 0.717) is 6.04 Å². The van der Waals surface area contributed by atoms with Gasteiger partial charge in [0.2, 0.25) is 5.91 Å². The Kier molecular flexibility index (Phi) is 4.09. The summed E-state index contributed by atoms with van der Waals surface area (Å²) in [5.41, 5.74) is 0.0203. The Morgan fingerprint density at radius 2 is 2.16 bits per heavy atom. The van der Waals surface area contributed by atoms with Crippen LogP contribution < -0.4 is 0 Å². The average molecular weight is 283 g/mol. The molecule has 4 nitrogen and oxygen atoms in total. The molecule has 0 aromatic heterocycles. The minimum Gasteiger partial charge on any atom is -0.478 e. The fraction of sp³-hybridized carbons (Fsp3) is 0.385. The zero-order valence-corrected chi connectivity index (χ0v) is 11.2. The SMILES string of the molecule is CN(C(=O)CSc1cc(C(=O)O)ccc1F)C1CC1. The molecule has 0 radical (unpaired) electrons. The van der Waals surface area contributed by atoms with Gasteiger partial charge in [-0.25, -0.2) is 9.18 Å². The van der Waals surface area contributed by atoms with Gasteiger partial charge in [0.05, 0.1) is 11.3 Å². The lowest BCUT2D eigenvalue weighted by atomic mass is 10.2. The Morgan fingerprint density at radius 3 is 2.74 bits per heavy atom. The number of thioether (sulfide) groups is 1. The van der Waals surface area contributed by atoms with Crippen LogP contribution in [-0.4, -0.2) is 40.7 Å². The van der Waals surface area contributed by atoms with E-state index in [1.54, 1.807) is 11.9 Å². The lowest BCUT2D eigenvalue weighted by molar-refractivity contribution is -0.127. The Labute approximate surface area is 114 Å². The van der Waals surface area contributed by atoms with Gasteiger partial charge in [-0.1, -0.05) is 0 Å². The second-order valence-corrected chi connectivity index (χ2v) is 5.49. The Balaban J connectivity index is 2.00. The minimum atomic E-state index is -1.11. The lowest BCUT2D eigenvalue weighted by Crippen LogP contribution is -2.30. The summed E-state index contributed by atoms with van der Waals surface area (Å²) in [4.78, 5) is 24.5. The monoisotopic (exact) mass is 283 g/mol. The zero-order valence-electron chi connectivity index (χ0n) is 10.4. The van der Waals surface area contributed by atoms with Crippen LogP contribution in [0.1, 0.15) is 23.2 Å². The number of benzene rings is 1. The first kappa shape index (κ1) is 13.9. The average Bonchev–Trinajstić information content (AvgIpc) is 3.20. The fourth-order valence-corrected chi connectivity index (χ4v) is 2.55.